The molecule has 4 aliphatic rings. The molecule has 1 unspecified atom stereocenters. The van der Waals surface area contributed by atoms with Gasteiger partial charge in [-0.1, -0.05) is 12.8 Å². The second kappa shape index (κ2) is 11.7. The summed E-state index contributed by atoms with van der Waals surface area (Å²) in [5.41, 5.74) is 6.81. The Labute approximate surface area is 280 Å². The molecule has 1 saturated carbocycles. The van der Waals surface area contributed by atoms with Crippen molar-refractivity contribution in [3.05, 3.63) is 40.5 Å². The first-order chi connectivity index (χ1) is 23.1. The molecular formula is C35H38F3N7O2S. The summed E-state index contributed by atoms with van der Waals surface area (Å²) in [6.45, 7) is 2.13. The van der Waals surface area contributed by atoms with E-state index >= 15 is 8.78 Å². The summed E-state index contributed by atoms with van der Waals surface area (Å²) in [5, 5.41) is 14.5. The van der Waals surface area contributed by atoms with E-state index in [1.807, 2.05) is 0 Å². The van der Waals surface area contributed by atoms with E-state index in [9.17, 15) is 9.65 Å². The van der Waals surface area contributed by atoms with Gasteiger partial charge in [-0.25, -0.2) is 13.2 Å². The van der Waals surface area contributed by atoms with E-state index < -0.39 is 23.3 Å². The third kappa shape index (κ3) is 4.82. The fourth-order valence-corrected chi connectivity index (χ4v) is 9.64. The van der Waals surface area contributed by atoms with Crippen LogP contribution in [0.2, 0.25) is 0 Å². The Morgan fingerprint density at radius 2 is 1.92 bits per heavy atom. The zero-order valence-electron chi connectivity index (χ0n) is 27.1. The van der Waals surface area contributed by atoms with Crippen LogP contribution in [0.4, 0.5) is 24.0 Å². The Hall–Kier alpha value is -3.70. The Morgan fingerprint density at radius 1 is 1.12 bits per heavy atom. The standard InChI is InChI=1S/C35H38F3N7O2S/c1-44(2)34(8-3-4-9-34)17-41-32-27-22-16-46-15-21(22)26(28-23(37)6-7-24-25(28)20(13-39)31(40)48-24)29(38)30(27)42-33(43-32)47-18-35-10-5-11-45(35)14-19(36)12-35/h6-7,19H,3-5,8-12,14-18,40H2,1-2H3,(H,41,42,43)/t19-,35?/m1/s1. The fraction of sp³-hybridized carbons (Fsp3) is 0.514. The number of aromatic nitrogens is 2. The van der Waals surface area contributed by atoms with Crippen LogP contribution >= 0.6 is 11.3 Å². The lowest BCUT2D eigenvalue weighted by Crippen LogP contribution is -2.47. The van der Waals surface area contributed by atoms with E-state index in [2.05, 4.69) is 40.3 Å². The smallest absolute Gasteiger partial charge is 0.319 e. The Morgan fingerprint density at radius 3 is 2.69 bits per heavy atom. The normalized spacial score (nSPS) is 23.3. The molecule has 2 aromatic carbocycles. The van der Waals surface area contributed by atoms with Gasteiger partial charge in [-0.3, -0.25) is 4.90 Å². The maximum absolute atomic E-state index is 17.3. The van der Waals surface area contributed by atoms with Crippen molar-refractivity contribution in [2.75, 3.05) is 51.4 Å². The van der Waals surface area contributed by atoms with Crippen LogP contribution in [0, 0.1) is 23.0 Å². The number of hydrogen-bond acceptors (Lipinski definition) is 10. The van der Waals surface area contributed by atoms with Gasteiger partial charge in [-0.05, 0) is 69.6 Å². The highest BCUT2D eigenvalue weighted by Gasteiger charge is 2.49. The second-order valence-corrected chi connectivity index (χ2v) is 15.1. The van der Waals surface area contributed by atoms with E-state index in [-0.39, 0.29) is 64.0 Å². The Bertz CT molecular complexity index is 1990. The summed E-state index contributed by atoms with van der Waals surface area (Å²) >= 11 is 1.16. The summed E-state index contributed by atoms with van der Waals surface area (Å²) in [4.78, 5) is 13.9. The quantitative estimate of drug-likeness (QED) is 0.215. The van der Waals surface area contributed by atoms with E-state index in [1.165, 1.54) is 6.07 Å². The minimum atomic E-state index is -0.929. The number of fused-ring (bicyclic) bond motifs is 5. The fourth-order valence-electron chi connectivity index (χ4n) is 8.71. The molecule has 0 amide bonds. The van der Waals surface area contributed by atoms with E-state index in [0.717, 1.165) is 56.4 Å². The number of benzene rings is 2. The Kier molecular flexibility index (Phi) is 7.71. The van der Waals surface area contributed by atoms with Crippen LogP contribution in [0.5, 0.6) is 6.01 Å². The van der Waals surface area contributed by atoms with Gasteiger partial charge >= 0.3 is 6.01 Å². The molecular weight excluding hydrogens is 639 g/mol. The lowest BCUT2D eigenvalue weighted by molar-refractivity contribution is 0.107. The van der Waals surface area contributed by atoms with Crippen molar-refractivity contribution >= 4 is 43.1 Å². The topological polar surface area (TPSA) is 113 Å². The molecule has 8 rings (SSSR count). The molecule has 0 bridgehead atoms. The number of rotatable bonds is 8. The number of thiophene rings is 1. The first-order valence-electron chi connectivity index (χ1n) is 16.6. The van der Waals surface area contributed by atoms with Crippen LogP contribution < -0.4 is 15.8 Å². The Balaban J connectivity index is 1.31. The minimum absolute atomic E-state index is 0.000167. The number of ether oxygens (including phenoxy) is 2. The van der Waals surface area contributed by atoms with Gasteiger partial charge in [0.15, 0.2) is 5.82 Å². The molecule has 1 aliphatic carbocycles. The van der Waals surface area contributed by atoms with Gasteiger partial charge in [0, 0.05) is 46.3 Å². The van der Waals surface area contributed by atoms with Crippen molar-refractivity contribution in [2.24, 2.45) is 0 Å². The van der Waals surface area contributed by atoms with Crippen LogP contribution in [0.3, 0.4) is 0 Å². The summed E-state index contributed by atoms with van der Waals surface area (Å²) in [6.07, 6.45) is 5.44. The number of likely N-dealkylation sites (N-methyl/N-ethyl adjacent to an activating group) is 1. The average Bonchev–Trinajstić information content (AvgIpc) is 3.89. The molecule has 13 heteroatoms. The van der Waals surface area contributed by atoms with Crippen molar-refractivity contribution in [3.8, 4) is 23.2 Å². The van der Waals surface area contributed by atoms with Crippen molar-refractivity contribution in [1.82, 2.24) is 19.8 Å². The largest absolute Gasteiger partial charge is 0.461 e. The molecule has 252 valence electrons. The number of nitrogens with one attached hydrogen (secondary N) is 1. The van der Waals surface area contributed by atoms with Gasteiger partial charge in [0.2, 0.25) is 0 Å². The van der Waals surface area contributed by atoms with Gasteiger partial charge in [-0.15, -0.1) is 11.3 Å². The predicted octanol–water partition coefficient (Wildman–Crippen LogP) is 6.52. The monoisotopic (exact) mass is 677 g/mol. The van der Waals surface area contributed by atoms with Crippen LogP contribution in [0.15, 0.2) is 12.1 Å². The molecule has 3 fully saturated rings. The highest BCUT2D eigenvalue weighted by molar-refractivity contribution is 7.23. The molecule has 0 radical (unpaired) electrons. The lowest BCUT2D eigenvalue weighted by atomic mass is 9.90. The van der Waals surface area contributed by atoms with Gasteiger partial charge in [0.1, 0.15) is 41.0 Å². The van der Waals surface area contributed by atoms with Gasteiger partial charge in [0.25, 0.3) is 0 Å². The zero-order valence-corrected chi connectivity index (χ0v) is 27.9. The predicted molar refractivity (Wildman–Crippen MR) is 180 cm³/mol. The SMILES string of the molecule is CN(C)C1(CNc2nc(OCC34CCCN3C[C@H](F)C4)nc3c(F)c(-c4c(F)ccc5sc(N)c(C#N)c45)c4c(c23)COC4)CCCC1. The summed E-state index contributed by atoms with van der Waals surface area (Å²) in [6, 6.07) is 4.90. The van der Waals surface area contributed by atoms with Gasteiger partial charge in [-0.2, -0.15) is 15.2 Å². The van der Waals surface area contributed by atoms with Gasteiger partial charge < -0.3 is 25.4 Å². The van der Waals surface area contributed by atoms with Crippen molar-refractivity contribution in [1.29, 1.82) is 5.26 Å². The third-order valence-corrected chi connectivity index (χ3v) is 12.3. The highest BCUT2D eigenvalue weighted by atomic mass is 32.1. The van der Waals surface area contributed by atoms with Crippen molar-refractivity contribution in [2.45, 2.75) is 75.4 Å². The van der Waals surface area contributed by atoms with Crippen molar-refractivity contribution < 1.29 is 22.6 Å². The molecule has 48 heavy (non-hydrogen) atoms. The van der Waals surface area contributed by atoms with Crippen molar-refractivity contribution in [3.63, 3.8) is 0 Å². The van der Waals surface area contributed by atoms with Crippen LogP contribution in [-0.4, -0.2) is 77.4 Å². The molecule has 4 aromatic rings. The lowest BCUT2D eigenvalue weighted by Gasteiger charge is -2.36. The molecule has 5 heterocycles. The maximum atomic E-state index is 17.3. The van der Waals surface area contributed by atoms with E-state index in [0.29, 0.717) is 46.5 Å². The molecule has 2 saturated heterocycles. The molecule has 2 atom stereocenters. The first kappa shape index (κ1) is 31.6. The third-order valence-electron chi connectivity index (χ3n) is 11.3. The molecule has 3 aliphatic heterocycles. The number of anilines is 2. The number of nitrogens with zero attached hydrogens (tertiary/aromatic N) is 5. The number of nitrogen functional groups attached to an aromatic ring is 1. The van der Waals surface area contributed by atoms with Crippen LogP contribution in [0.1, 0.15) is 61.6 Å². The van der Waals surface area contributed by atoms with Crippen LogP contribution in [-0.2, 0) is 18.0 Å². The zero-order chi connectivity index (χ0) is 33.4. The molecule has 3 N–H and O–H groups in total. The van der Waals surface area contributed by atoms with Gasteiger partial charge in [0.05, 0.1) is 29.7 Å². The summed E-state index contributed by atoms with van der Waals surface area (Å²) in [7, 11) is 4.15. The number of nitriles is 1. The summed E-state index contributed by atoms with van der Waals surface area (Å²) < 4.78 is 60.6. The number of alkyl halides is 1. The average molecular weight is 678 g/mol. The summed E-state index contributed by atoms with van der Waals surface area (Å²) in [5.74, 6) is -1.01. The highest BCUT2D eigenvalue weighted by Crippen LogP contribution is 2.48. The maximum Gasteiger partial charge on any atom is 0.319 e. The second-order valence-electron chi connectivity index (χ2n) is 14.0. The molecule has 9 nitrogen and oxygen atoms in total. The molecule has 2 aromatic heterocycles. The van der Waals surface area contributed by atoms with Crippen LogP contribution in [0.25, 0.3) is 32.1 Å². The number of hydrogen-bond donors (Lipinski definition) is 2. The number of halogens is 3. The molecule has 0 spiro atoms. The van der Waals surface area contributed by atoms with E-state index in [1.54, 1.807) is 6.07 Å². The minimum Gasteiger partial charge on any atom is -0.461 e. The first-order valence-corrected chi connectivity index (χ1v) is 17.4. The van der Waals surface area contributed by atoms with E-state index in [4.69, 9.17) is 20.2 Å². The number of nitrogens with two attached hydrogens (primary N) is 1.